The van der Waals surface area contributed by atoms with Gasteiger partial charge in [-0.05, 0) is 0 Å². The Morgan fingerprint density at radius 2 is 1.75 bits per heavy atom. The van der Waals surface area contributed by atoms with E-state index in [4.69, 9.17) is 9.31 Å². The summed E-state index contributed by atoms with van der Waals surface area (Å²) in [7, 11) is 0.116. The summed E-state index contributed by atoms with van der Waals surface area (Å²) in [5.41, 5.74) is 0. The van der Waals surface area contributed by atoms with E-state index < -0.39 is 13.3 Å². The van der Waals surface area contributed by atoms with Crippen LogP contribution in [-0.2, 0) is 9.31 Å². The number of hydrogen-bond acceptors (Lipinski definition) is 2. The molecule has 1 saturated heterocycles. The molecule has 0 radical (unpaired) electrons. The van der Waals surface area contributed by atoms with Crippen LogP contribution in [0.1, 0.15) is 39.0 Å². The van der Waals surface area contributed by atoms with Gasteiger partial charge in [0.1, 0.15) is 0 Å². The Hall–Kier alpha value is 0.528. The Labute approximate surface area is 104 Å². The van der Waals surface area contributed by atoms with Crippen LogP contribution in [0.15, 0.2) is 0 Å². The van der Waals surface area contributed by atoms with Gasteiger partial charge in [-0.3, -0.25) is 0 Å². The zero-order valence-electron chi connectivity index (χ0n) is 11.4. The van der Waals surface area contributed by atoms with Crippen molar-refractivity contribution in [2.24, 2.45) is 0 Å². The molecule has 1 heterocycles. The zero-order valence-corrected chi connectivity index (χ0v) is 13.5. The fourth-order valence-corrected chi connectivity index (χ4v) is 6.69. The Morgan fingerprint density at radius 1 is 1.12 bits per heavy atom. The SMILES string of the molecule is CCCCC[CH](B1OCCCO1)[Ge]([CH3])([CH3])[CH3]. The fourth-order valence-electron chi connectivity index (χ4n) is 2.33. The van der Waals surface area contributed by atoms with Gasteiger partial charge in [0.2, 0.25) is 0 Å². The van der Waals surface area contributed by atoms with Crippen LogP contribution in [0.25, 0.3) is 0 Å². The number of rotatable bonds is 6. The third kappa shape index (κ3) is 4.80. The molecule has 1 atom stereocenters. The van der Waals surface area contributed by atoms with E-state index in [1.165, 1.54) is 25.7 Å². The first-order valence-corrected chi connectivity index (χ1v) is 14.3. The fraction of sp³-hybridized carbons (Fsp3) is 1.00. The minimum absolute atomic E-state index is 0.116. The van der Waals surface area contributed by atoms with E-state index >= 15 is 0 Å². The van der Waals surface area contributed by atoms with E-state index in [1.54, 1.807) is 0 Å². The van der Waals surface area contributed by atoms with E-state index in [1.807, 2.05) is 0 Å². The summed E-state index contributed by atoms with van der Waals surface area (Å²) in [6.45, 7) is 4.06. The van der Waals surface area contributed by atoms with Crippen LogP contribution in [-0.4, -0.2) is 33.6 Å². The van der Waals surface area contributed by atoms with Crippen molar-refractivity contribution in [2.45, 2.75) is 60.9 Å². The van der Waals surface area contributed by atoms with Gasteiger partial charge < -0.3 is 0 Å². The summed E-state index contributed by atoms with van der Waals surface area (Å²) < 4.78 is 12.4. The van der Waals surface area contributed by atoms with Crippen LogP contribution in [0.5, 0.6) is 0 Å². The Kier molecular flexibility index (Phi) is 6.45. The van der Waals surface area contributed by atoms with Crippen LogP contribution in [0.4, 0.5) is 0 Å². The first-order valence-electron chi connectivity index (χ1n) is 6.79. The number of hydrogen-bond donors (Lipinski definition) is 0. The van der Waals surface area contributed by atoms with E-state index in [2.05, 4.69) is 24.2 Å². The van der Waals surface area contributed by atoms with E-state index in [-0.39, 0.29) is 7.12 Å². The average Bonchev–Trinajstić information content (AvgIpc) is 2.24. The van der Waals surface area contributed by atoms with Gasteiger partial charge in [-0.1, -0.05) is 0 Å². The molecule has 16 heavy (non-hydrogen) atoms. The molecule has 0 aromatic rings. The van der Waals surface area contributed by atoms with Crippen molar-refractivity contribution in [2.75, 3.05) is 13.2 Å². The maximum absolute atomic E-state index is 5.82. The predicted octanol–water partition coefficient (Wildman–Crippen LogP) is 3.74. The van der Waals surface area contributed by atoms with Crippen molar-refractivity contribution < 1.29 is 9.31 Å². The Balaban J connectivity index is 2.48. The second-order valence-electron chi connectivity index (χ2n) is 5.93. The van der Waals surface area contributed by atoms with Gasteiger partial charge in [-0.2, -0.15) is 0 Å². The van der Waals surface area contributed by atoms with Crippen molar-refractivity contribution in [1.29, 1.82) is 0 Å². The summed E-state index contributed by atoms with van der Waals surface area (Å²) in [4.78, 5) is 0. The quantitative estimate of drug-likeness (QED) is 0.547. The normalized spacial score (nSPS) is 19.9. The van der Waals surface area contributed by atoms with Gasteiger partial charge in [0.15, 0.2) is 0 Å². The predicted molar refractivity (Wildman–Crippen MR) is 73.5 cm³/mol. The molecule has 0 bridgehead atoms. The van der Waals surface area contributed by atoms with E-state index in [0.29, 0.717) is 4.65 Å². The molecule has 1 unspecified atom stereocenters. The maximum atomic E-state index is 5.82. The van der Waals surface area contributed by atoms with Gasteiger partial charge in [0, 0.05) is 0 Å². The molecule has 1 fully saturated rings. The van der Waals surface area contributed by atoms with Crippen molar-refractivity contribution in [3.05, 3.63) is 0 Å². The molecule has 0 N–H and O–H groups in total. The van der Waals surface area contributed by atoms with Crippen LogP contribution < -0.4 is 0 Å². The molecule has 0 saturated carbocycles. The van der Waals surface area contributed by atoms with Crippen LogP contribution in [0.3, 0.4) is 0 Å². The topological polar surface area (TPSA) is 18.5 Å². The van der Waals surface area contributed by atoms with Gasteiger partial charge >= 0.3 is 104 Å². The monoisotopic (exact) mass is 288 g/mol. The Bertz CT molecular complexity index is 188. The van der Waals surface area contributed by atoms with Gasteiger partial charge in [-0.15, -0.1) is 0 Å². The summed E-state index contributed by atoms with van der Waals surface area (Å²) >= 11 is -1.68. The standard InChI is InChI=1S/C12H27BGeO2/c1-5-6-7-9-12(14(2,3)4)13-15-10-8-11-16-13/h12H,5-11H2,1-4H3. The van der Waals surface area contributed by atoms with E-state index in [9.17, 15) is 0 Å². The molecular formula is C12H27BGeO2. The minimum atomic E-state index is -1.68. The van der Waals surface area contributed by atoms with Crippen molar-refractivity contribution in [3.8, 4) is 0 Å². The van der Waals surface area contributed by atoms with Crippen molar-refractivity contribution in [3.63, 3.8) is 0 Å². The first kappa shape index (κ1) is 14.6. The second-order valence-corrected chi connectivity index (χ2v) is 17.4. The zero-order chi connectivity index (χ0) is 12.0. The third-order valence-corrected chi connectivity index (χ3v) is 9.26. The molecule has 0 aromatic carbocycles. The van der Waals surface area contributed by atoms with Gasteiger partial charge in [0.05, 0.1) is 0 Å². The summed E-state index contributed by atoms with van der Waals surface area (Å²) in [5, 5.41) is 0. The third-order valence-electron chi connectivity index (χ3n) is 3.41. The van der Waals surface area contributed by atoms with Crippen LogP contribution in [0.2, 0.25) is 21.9 Å². The van der Waals surface area contributed by atoms with Gasteiger partial charge in [0.25, 0.3) is 0 Å². The summed E-state index contributed by atoms with van der Waals surface area (Å²) in [6.07, 6.45) is 6.36. The van der Waals surface area contributed by atoms with Crippen molar-refractivity contribution >= 4 is 20.4 Å². The summed E-state index contributed by atoms with van der Waals surface area (Å²) in [6, 6.07) is 0. The van der Waals surface area contributed by atoms with Crippen molar-refractivity contribution in [1.82, 2.24) is 0 Å². The van der Waals surface area contributed by atoms with Gasteiger partial charge in [-0.25, -0.2) is 0 Å². The second kappa shape index (κ2) is 7.07. The average molecular weight is 287 g/mol. The van der Waals surface area contributed by atoms with Crippen LogP contribution >= 0.6 is 0 Å². The molecule has 4 heteroatoms. The summed E-state index contributed by atoms with van der Waals surface area (Å²) in [5.74, 6) is 7.45. The Morgan fingerprint density at radius 3 is 2.25 bits per heavy atom. The molecule has 94 valence electrons. The molecule has 0 aliphatic carbocycles. The molecule has 1 rings (SSSR count). The molecule has 1 aliphatic heterocycles. The molecule has 0 spiro atoms. The number of unbranched alkanes of at least 4 members (excludes halogenated alkanes) is 2. The molecule has 1 aliphatic rings. The molecular weight excluding hydrogens is 260 g/mol. The first-order chi connectivity index (χ1) is 7.55. The molecule has 2 nitrogen and oxygen atoms in total. The van der Waals surface area contributed by atoms with Crippen LogP contribution in [0, 0.1) is 0 Å². The molecule has 0 aromatic heterocycles. The van der Waals surface area contributed by atoms with E-state index in [0.717, 1.165) is 19.6 Å². The molecule has 0 amide bonds.